The Bertz CT molecular complexity index is 267. The average molecular weight is 251 g/mol. The van der Waals surface area contributed by atoms with Gasteiger partial charge in [0.05, 0.1) is 6.04 Å². The van der Waals surface area contributed by atoms with Gasteiger partial charge in [0.1, 0.15) is 0 Å². The summed E-state index contributed by atoms with van der Waals surface area (Å²) in [5.74, 6) is 0.420. The predicted molar refractivity (Wildman–Crippen MR) is 71.4 cm³/mol. The molecule has 4 heteroatoms. The summed E-state index contributed by atoms with van der Waals surface area (Å²) in [7, 11) is 0. The maximum Gasteiger partial charge on any atom is 0.240 e. The first kappa shape index (κ1) is 12.4. The molecule has 0 aromatic carbocycles. The van der Waals surface area contributed by atoms with Crippen LogP contribution < -0.4 is 5.32 Å². The Labute approximate surface area is 110 Å². The molecule has 1 amide bonds. The van der Waals surface area contributed by atoms with Crippen molar-refractivity contribution in [2.24, 2.45) is 0 Å². The van der Waals surface area contributed by atoms with E-state index in [1.807, 2.05) is 0 Å². The molecule has 3 rings (SSSR count). The molecule has 0 aromatic heterocycles. The molecule has 4 nitrogen and oxygen atoms in total. The zero-order chi connectivity index (χ0) is 12.4. The number of carbonyl (C=O) groups is 1. The maximum absolute atomic E-state index is 12.6. The number of amides is 1. The van der Waals surface area contributed by atoms with E-state index in [-0.39, 0.29) is 6.04 Å². The minimum Gasteiger partial charge on any atom is -0.338 e. The average Bonchev–Trinajstić information content (AvgIpc) is 2.83. The van der Waals surface area contributed by atoms with Crippen LogP contribution in [-0.4, -0.2) is 60.5 Å². The Morgan fingerprint density at radius 3 is 2.39 bits per heavy atom. The number of likely N-dealkylation sites (tertiary alicyclic amines) is 1. The van der Waals surface area contributed by atoms with Crippen LogP contribution in [0.15, 0.2) is 0 Å². The van der Waals surface area contributed by atoms with Crippen LogP contribution in [0.5, 0.6) is 0 Å². The van der Waals surface area contributed by atoms with Gasteiger partial charge in [-0.25, -0.2) is 0 Å². The minimum absolute atomic E-state index is 0.189. The second kappa shape index (κ2) is 5.57. The lowest BCUT2D eigenvalue weighted by Gasteiger charge is -2.34. The summed E-state index contributed by atoms with van der Waals surface area (Å²) < 4.78 is 0. The van der Waals surface area contributed by atoms with Crippen molar-refractivity contribution in [2.75, 3.05) is 32.7 Å². The fourth-order valence-electron chi connectivity index (χ4n) is 3.77. The number of hydrogen-bond donors (Lipinski definition) is 1. The smallest absolute Gasteiger partial charge is 0.240 e. The molecule has 1 N–H and O–H groups in total. The van der Waals surface area contributed by atoms with E-state index < -0.39 is 0 Å². The molecular formula is C14H25N3O. The summed E-state index contributed by atoms with van der Waals surface area (Å²) in [6.45, 7) is 5.14. The van der Waals surface area contributed by atoms with Crippen molar-refractivity contribution in [1.82, 2.24) is 15.1 Å². The fraction of sp³-hybridized carbons (Fsp3) is 0.929. The van der Waals surface area contributed by atoms with Gasteiger partial charge in [0.2, 0.25) is 5.91 Å². The van der Waals surface area contributed by atoms with Crippen molar-refractivity contribution < 1.29 is 4.79 Å². The van der Waals surface area contributed by atoms with Crippen molar-refractivity contribution >= 4 is 5.91 Å². The molecule has 102 valence electrons. The van der Waals surface area contributed by atoms with Gasteiger partial charge < -0.3 is 10.2 Å². The van der Waals surface area contributed by atoms with Gasteiger partial charge in [-0.1, -0.05) is 19.3 Å². The van der Waals surface area contributed by atoms with Crippen LogP contribution in [0.25, 0.3) is 0 Å². The van der Waals surface area contributed by atoms with Crippen LogP contribution in [0.2, 0.25) is 0 Å². The van der Waals surface area contributed by atoms with Gasteiger partial charge in [-0.2, -0.15) is 0 Å². The summed E-state index contributed by atoms with van der Waals surface area (Å²) in [5, 5.41) is 3.36. The molecular weight excluding hydrogens is 226 g/mol. The first-order valence-electron chi connectivity index (χ1n) is 7.61. The van der Waals surface area contributed by atoms with E-state index >= 15 is 0 Å². The molecule has 18 heavy (non-hydrogen) atoms. The third-order valence-corrected chi connectivity index (χ3v) is 4.82. The van der Waals surface area contributed by atoms with Crippen molar-refractivity contribution in [3.63, 3.8) is 0 Å². The minimum atomic E-state index is 0.189. The van der Waals surface area contributed by atoms with Crippen molar-refractivity contribution in [3.8, 4) is 0 Å². The Morgan fingerprint density at radius 1 is 0.944 bits per heavy atom. The van der Waals surface area contributed by atoms with E-state index in [1.54, 1.807) is 0 Å². The quantitative estimate of drug-likeness (QED) is 0.789. The molecule has 3 fully saturated rings. The predicted octanol–water partition coefficient (Wildman–Crippen LogP) is 0.825. The molecule has 0 aromatic rings. The molecule has 1 unspecified atom stereocenters. The molecule has 1 atom stereocenters. The SMILES string of the molecule is O=C1C(N2CCNCC2)CCN1C1CCCCC1. The number of nitrogens with zero attached hydrogens (tertiary/aromatic N) is 2. The van der Waals surface area contributed by atoms with Crippen molar-refractivity contribution in [2.45, 2.75) is 50.6 Å². The van der Waals surface area contributed by atoms with Gasteiger partial charge in [0.25, 0.3) is 0 Å². The van der Waals surface area contributed by atoms with Gasteiger partial charge in [-0.05, 0) is 19.3 Å². The highest BCUT2D eigenvalue weighted by Gasteiger charge is 2.39. The number of carbonyl (C=O) groups excluding carboxylic acids is 1. The first-order valence-corrected chi connectivity index (χ1v) is 7.61. The van der Waals surface area contributed by atoms with Crippen LogP contribution in [0.1, 0.15) is 38.5 Å². The highest BCUT2D eigenvalue weighted by Crippen LogP contribution is 2.28. The monoisotopic (exact) mass is 251 g/mol. The van der Waals surface area contributed by atoms with Crippen molar-refractivity contribution in [3.05, 3.63) is 0 Å². The standard InChI is InChI=1S/C14H25N3O/c18-14-13(16-10-7-15-8-11-16)6-9-17(14)12-4-2-1-3-5-12/h12-13,15H,1-11H2. The summed E-state index contributed by atoms with van der Waals surface area (Å²) in [6, 6.07) is 0.744. The molecule has 2 saturated heterocycles. The lowest BCUT2D eigenvalue weighted by Crippen LogP contribution is -2.52. The number of hydrogen-bond acceptors (Lipinski definition) is 3. The van der Waals surface area contributed by atoms with Crippen LogP contribution in [0.4, 0.5) is 0 Å². The molecule has 1 aliphatic carbocycles. The zero-order valence-corrected chi connectivity index (χ0v) is 11.2. The highest BCUT2D eigenvalue weighted by atomic mass is 16.2. The fourth-order valence-corrected chi connectivity index (χ4v) is 3.77. The number of piperazine rings is 1. The Morgan fingerprint density at radius 2 is 1.67 bits per heavy atom. The second-order valence-electron chi connectivity index (χ2n) is 5.91. The number of rotatable bonds is 2. The molecule has 1 saturated carbocycles. The molecule has 2 heterocycles. The highest BCUT2D eigenvalue weighted by molar-refractivity contribution is 5.84. The second-order valence-corrected chi connectivity index (χ2v) is 5.91. The number of nitrogens with one attached hydrogen (secondary N) is 1. The Balaban J connectivity index is 1.60. The summed E-state index contributed by atoms with van der Waals surface area (Å²) in [5.41, 5.74) is 0. The van der Waals surface area contributed by atoms with E-state index in [0.29, 0.717) is 11.9 Å². The van der Waals surface area contributed by atoms with Crippen molar-refractivity contribution in [1.29, 1.82) is 0 Å². The van der Waals surface area contributed by atoms with Gasteiger partial charge in [0, 0.05) is 38.8 Å². The van der Waals surface area contributed by atoms with Gasteiger partial charge in [-0.15, -0.1) is 0 Å². The normalized spacial score (nSPS) is 32.1. The Hall–Kier alpha value is -0.610. The third kappa shape index (κ3) is 2.41. The van der Waals surface area contributed by atoms with Gasteiger partial charge in [0.15, 0.2) is 0 Å². The lowest BCUT2D eigenvalue weighted by atomic mass is 9.94. The van der Waals surface area contributed by atoms with E-state index in [0.717, 1.165) is 39.1 Å². The van der Waals surface area contributed by atoms with E-state index in [1.165, 1.54) is 32.1 Å². The zero-order valence-electron chi connectivity index (χ0n) is 11.2. The summed E-state index contributed by atoms with van der Waals surface area (Å²) in [4.78, 5) is 17.2. The maximum atomic E-state index is 12.6. The van der Waals surface area contributed by atoms with E-state index in [4.69, 9.17) is 0 Å². The summed E-state index contributed by atoms with van der Waals surface area (Å²) in [6.07, 6.45) is 7.51. The first-order chi connectivity index (χ1) is 8.86. The van der Waals surface area contributed by atoms with Crippen LogP contribution >= 0.6 is 0 Å². The molecule has 0 radical (unpaired) electrons. The van der Waals surface area contributed by atoms with E-state index in [9.17, 15) is 4.79 Å². The molecule has 0 bridgehead atoms. The summed E-state index contributed by atoms with van der Waals surface area (Å²) >= 11 is 0. The molecule has 2 aliphatic heterocycles. The Kier molecular flexibility index (Phi) is 3.85. The largest absolute Gasteiger partial charge is 0.338 e. The third-order valence-electron chi connectivity index (χ3n) is 4.82. The van der Waals surface area contributed by atoms with Crippen LogP contribution in [-0.2, 0) is 4.79 Å². The molecule has 0 spiro atoms. The van der Waals surface area contributed by atoms with Crippen LogP contribution in [0.3, 0.4) is 0 Å². The van der Waals surface area contributed by atoms with Gasteiger partial charge >= 0.3 is 0 Å². The molecule has 3 aliphatic rings. The topological polar surface area (TPSA) is 35.6 Å². The van der Waals surface area contributed by atoms with Crippen LogP contribution in [0, 0.1) is 0 Å². The van der Waals surface area contributed by atoms with E-state index in [2.05, 4.69) is 15.1 Å². The lowest BCUT2D eigenvalue weighted by molar-refractivity contribution is -0.134. The van der Waals surface area contributed by atoms with Gasteiger partial charge in [-0.3, -0.25) is 9.69 Å².